The molecular weight excluding hydrogens is 306 g/mol. The molecule has 0 aromatic carbocycles. The van der Waals surface area contributed by atoms with Crippen LogP contribution in [0.5, 0.6) is 0 Å². The lowest BCUT2D eigenvalue weighted by atomic mass is 10.2. The highest BCUT2D eigenvalue weighted by Gasteiger charge is 2.17. The molecule has 0 bridgehead atoms. The summed E-state index contributed by atoms with van der Waals surface area (Å²) < 4.78 is 5.66. The van der Waals surface area contributed by atoms with Crippen LogP contribution in [0.2, 0.25) is 0 Å². The van der Waals surface area contributed by atoms with Gasteiger partial charge in [0.2, 0.25) is 5.91 Å². The first kappa shape index (κ1) is 14.5. The summed E-state index contributed by atoms with van der Waals surface area (Å²) >= 11 is 3.11. The Morgan fingerprint density at radius 2 is 2.22 bits per heavy atom. The van der Waals surface area contributed by atoms with E-state index in [1.54, 1.807) is 12.1 Å². The van der Waals surface area contributed by atoms with Crippen molar-refractivity contribution in [3.8, 4) is 0 Å². The molecular formula is C11H12BrNO5. The Hall–Kier alpha value is -1.60. The second-order valence-corrected chi connectivity index (χ2v) is 4.17. The molecule has 1 aromatic rings. The van der Waals surface area contributed by atoms with E-state index >= 15 is 0 Å². The standard InChI is InChI=1S/C11H12BrNO5/c12-9-3-1-7(18-9)2-4-10(15)13-8(5-6-14)11(16)17/h1-4,8,14H,5-6H2,(H,13,15)(H,16,17)/b4-2+/t8-/m0/s1. The third-order valence-electron chi connectivity index (χ3n) is 2.03. The average Bonchev–Trinajstić information content (AvgIpc) is 2.72. The van der Waals surface area contributed by atoms with E-state index in [0.29, 0.717) is 10.4 Å². The highest BCUT2D eigenvalue weighted by Crippen LogP contribution is 2.14. The third kappa shape index (κ3) is 4.72. The van der Waals surface area contributed by atoms with Crippen LogP contribution in [0.1, 0.15) is 12.2 Å². The lowest BCUT2D eigenvalue weighted by Crippen LogP contribution is -2.40. The van der Waals surface area contributed by atoms with Gasteiger partial charge >= 0.3 is 5.97 Å². The van der Waals surface area contributed by atoms with Crippen molar-refractivity contribution in [2.75, 3.05) is 6.61 Å². The summed E-state index contributed by atoms with van der Waals surface area (Å²) in [5.74, 6) is -1.29. The zero-order chi connectivity index (χ0) is 13.5. The number of amides is 1. The van der Waals surface area contributed by atoms with Gasteiger partial charge < -0.3 is 19.9 Å². The molecule has 0 spiro atoms. The van der Waals surface area contributed by atoms with Crippen molar-refractivity contribution in [2.24, 2.45) is 0 Å². The molecule has 1 atom stereocenters. The maximum atomic E-state index is 11.4. The molecule has 1 rings (SSSR count). The van der Waals surface area contributed by atoms with Gasteiger partial charge in [-0.25, -0.2) is 4.79 Å². The van der Waals surface area contributed by atoms with Gasteiger partial charge in [-0.3, -0.25) is 4.79 Å². The van der Waals surface area contributed by atoms with Crippen LogP contribution < -0.4 is 5.32 Å². The molecule has 0 aliphatic rings. The fourth-order valence-electron chi connectivity index (χ4n) is 1.18. The first-order chi connectivity index (χ1) is 8.52. The number of nitrogens with one attached hydrogen (secondary N) is 1. The largest absolute Gasteiger partial charge is 0.480 e. The molecule has 1 aromatic heterocycles. The normalized spacial score (nSPS) is 12.6. The molecule has 0 aliphatic carbocycles. The van der Waals surface area contributed by atoms with Crippen molar-refractivity contribution in [1.29, 1.82) is 0 Å². The van der Waals surface area contributed by atoms with Crippen molar-refractivity contribution in [3.63, 3.8) is 0 Å². The van der Waals surface area contributed by atoms with Crippen molar-refractivity contribution >= 4 is 33.9 Å². The SMILES string of the molecule is O=C(/C=C/c1ccc(Br)o1)N[C@@H](CCO)C(=O)O. The smallest absolute Gasteiger partial charge is 0.326 e. The summed E-state index contributed by atoms with van der Waals surface area (Å²) in [4.78, 5) is 22.1. The molecule has 6 nitrogen and oxygen atoms in total. The first-order valence-electron chi connectivity index (χ1n) is 5.10. The number of aliphatic carboxylic acids is 1. The van der Waals surface area contributed by atoms with Gasteiger partial charge in [0.25, 0.3) is 0 Å². The van der Waals surface area contributed by atoms with E-state index in [9.17, 15) is 9.59 Å². The summed E-state index contributed by atoms with van der Waals surface area (Å²) in [7, 11) is 0. The summed E-state index contributed by atoms with van der Waals surface area (Å²) in [5.41, 5.74) is 0. The maximum Gasteiger partial charge on any atom is 0.326 e. The Labute approximate surface area is 111 Å². The Kier molecular flexibility index (Phi) is 5.60. The number of halogens is 1. The van der Waals surface area contributed by atoms with Crippen LogP contribution in [0.3, 0.4) is 0 Å². The van der Waals surface area contributed by atoms with Gasteiger partial charge in [-0.05, 0) is 34.1 Å². The number of furan rings is 1. The molecule has 1 amide bonds. The summed E-state index contributed by atoms with van der Waals surface area (Å²) in [6, 6.07) is 2.22. The van der Waals surface area contributed by atoms with E-state index in [1.165, 1.54) is 12.2 Å². The van der Waals surface area contributed by atoms with E-state index in [0.717, 1.165) is 0 Å². The van der Waals surface area contributed by atoms with Crippen LogP contribution in [-0.2, 0) is 9.59 Å². The number of hydrogen-bond acceptors (Lipinski definition) is 4. The minimum atomic E-state index is -1.19. The third-order valence-corrected chi connectivity index (χ3v) is 2.45. The topological polar surface area (TPSA) is 99.8 Å². The number of aliphatic hydroxyl groups is 1. The van der Waals surface area contributed by atoms with Gasteiger partial charge in [-0.1, -0.05) is 0 Å². The molecule has 0 unspecified atom stereocenters. The second kappa shape index (κ2) is 6.97. The molecule has 0 saturated carbocycles. The Bertz CT molecular complexity index is 454. The molecule has 98 valence electrons. The molecule has 7 heteroatoms. The van der Waals surface area contributed by atoms with Gasteiger partial charge in [0.05, 0.1) is 0 Å². The second-order valence-electron chi connectivity index (χ2n) is 3.39. The van der Waals surface area contributed by atoms with Crippen LogP contribution in [0.25, 0.3) is 6.08 Å². The van der Waals surface area contributed by atoms with Crippen molar-refractivity contribution in [2.45, 2.75) is 12.5 Å². The number of carbonyl (C=O) groups is 2. The van der Waals surface area contributed by atoms with Crippen LogP contribution in [0, 0.1) is 0 Å². The maximum absolute atomic E-state index is 11.4. The van der Waals surface area contributed by atoms with E-state index < -0.39 is 17.9 Å². The fourth-order valence-corrected chi connectivity index (χ4v) is 1.50. The van der Waals surface area contributed by atoms with Crippen LogP contribution in [-0.4, -0.2) is 34.7 Å². The van der Waals surface area contributed by atoms with Gasteiger partial charge in [0.1, 0.15) is 11.8 Å². The molecule has 0 fully saturated rings. The summed E-state index contributed by atoms with van der Waals surface area (Å²) in [5, 5.41) is 19.7. The quantitative estimate of drug-likeness (QED) is 0.680. The molecule has 0 saturated heterocycles. The summed E-state index contributed by atoms with van der Waals surface area (Å²) in [6.45, 7) is -0.313. The van der Waals surface area contributed by atoms with E-state index in [4.69, 9.17) is 14.6 Å². The van der Waals surface area contributed by atoms with E-state index in [1.807, 2.05) is 0 Å². The lowest BCUT2D eigenvalue weighted by molar-refractivity contribution is -0.141. The highest BCUT2D eigenvalue weighted by molar-refractivity contribution is 9.10. The van der Waals surface area contributed by atoms with Gasteiger partial charge in [0.15, 0.2) is 4.67 Å². The van der Waals surface area contributed by atoms with Crippen molar-refractivity contribution in [1.82, 2.24) is 5.32 Å². The molecule has 1 heterocycles. The summed E-state index contributed by atoms with van der Waals surface area (Å²) in [6.07, 6.45) is 2.54. The average molecular weight is 318 g/mol. The van der Waals surface area contributed by atoms with Gasteiger partial charge in [0, 0.05) is 19.1 Å². The van der Waals surface area contributed by atoms with Gasteiger partial charge in [-0.2, -0.15) is 0 Å². The Balaban J connectivity index is 2.54. The zero-order valence-electron chi connectivity index (χ0n) is 9.30. The molecule has 0 radical (unpaired) electrons. The van der Waals surface area contributed by atoms with Crippen LogP contribution in [0.15, 0.2) is 27.3 Å². The zero-order valence-corrected chi connectivity index (χ0v) is 10.9. The van der Waals surface area contributed by atoms with Crippen molar-refractivity contribution in [3.05, 3.63) is 28.6 Å². The number of carbonyl (C=O) groups excluding carboxylic acids is 1. The predicted octanol–water partition coefficient (Wildman–Crippen LogP) is 1.01. The molecule has 0 aliphatic heterocycles. The predicted molar refractivity (Wildman–Crippen MR) is 66.7 cm³/mol. The number of carboxylic acids is 1. The number of rotatable bonds is 6. The fraction of sp³-hybridized carbons (Fsp3) is 0.273. The number of carboxylic acid groups (broad SMARTS) is 1. The van der Waals surface area contributed by atoms with Crippen LogP contribution >= 0.6 is 15.9 Å². The molecule has 18 heavy (non-hydrogen) atoms. The minimum absolute atomic E-state index is 0.0405. The minimum Gasteiger partial charge on any atom is -0.480 e. The Morgan fingerprint density at radius 1 is 1.50 bits per heavy atom. The number of hydrogen-bond donors (Lipinski definition) is 3. The lowest BCUT2D eigenvalue weighted by Gasteiger charge is -2.10. The Morgan fingerprint density at radius 3 is 2.72 bits per heavy atom. The monoisotopic (exact) mass is 317 g/mol. The van der Waals surface area contributed by atoms with Gasteiger partial charge in [-0.15, -0.1) is 0 Å². The van der Waals surface area contributed by atoms with Crippen LogP contribution in [0.4, 0.5) is 0 Å². The van der Waals surface area contributed by atoms with E-state index in [2.05, 4.69) is 21.2 Å². The van der Waals surface area contributed by atoms with Crippen molar-refractivity contribution < 1.29 is 24.2 Å². The van der Waals surface area contributed by atoms with E-state index in [-0.39, 0.29) is 13.0 Å². The number of aliphatic hydroxyl groups excluding tert-OH is 1. The first-order valence-corrected chi connectivity index (χ1v) is 5.90. The highest BCUT2D eigenvalue weighted by atomic mass is 79.9. The molecule has 3 N–H and O–H groups in total.